The molecule has 126 valence electrons. The normalized spacial score (nSPS) is 13.2. The highest BCUT2D eigenvalue weighted by molar-refractivity contribution is 5.91. The Morgan fingerprint density at radius 1 is 1.13 bits per heavy atom. The van der Waals surface area contributed by atoms with Crippen LogP contribution in [0, 0.1) is 5.92 Å². The maximum absolute atomic E-state index is 12.2. The fourth-order valence-corrected chi connectivity index (χ4v) is 1.92. The second-order valence-corrected chi connectivity index (χ2v) is 5.63. The van der Waals surface area contributed by atoms with Gasteiger partial charge in [0, 0.05) is 6.42 Å². The molecule has 0 spiro atoms. The number of rotatable bonds is 8. The fraction of sp³-hybridized carbons (Fsp3) is 0.438. The van der Waals surface area contributed by atoms with Gasteiger partial charge in [-0.1, -0.05) is 44.2 Å². The first kappa shape index (κ1) is 18.6. The van der Waals surface area contributed by atoms with Gasteiger partial charge in [0.05, 0.1) is 6.04 Å². The summed E-state index contributed by atoms with van der Waals surface area (Å²) < 4.78 is 0. The molecule has 7 heteroatoms. The largest absolute Gasteiger partial charge is 0.480 e. The molecule has 0 aromatic heterocycles. The Morgan fingerprint density at radius 3 is 2.26 bits per heavy atom. The van der Waals surface area contributed by atoms with Crippen molar-refractivity contribution in [2.45, 2.75) is 32.4 Å². The third kappa shape index (κ3) is 6.48. The number of benzene rings is 1. The van der Waals surface area contributed by atoms with Crippen LogP contribution in [0.25, 0.3) is 0 Å². The number of carboxylic acids is 1. The Kier molecular flexibility index (Phi) is 7.21. The molecule has 5 N–H and O–H groups in total. The van der Waals surface area contributed by atoms with E-state index < -0.39 is 36.4 Å². The smallest absolute Gasteiger partial charge is 0.322 e. The Morgan fingerprint density at radius 2 is 1.74 bits per heavy atom. The predicted molar refractivity (Wildman–Crippen MR) is 85.5 cm³/mol. The monoisotopic (exact) mass is 321 g/mol. The molecule has 0 saturated carbocycles. The van der Waals surface area contributed by atoms with E-state index in [0.717, 1.165) is 5.56 Å². The molecule has 0 saturated heterocycles. The first-order valence-electron chi connectivity index (χ1n) is 7.40. The number of amides is 2. The SMILES string of the molecule is CC(C)[C@H](N)C(=O)N[C@@H](Cc1ccccc1)C(=O)NCC(=O)O. The summed E-state index contributed by atoms with van der Waals surface area (Å²) in [5.41, 5.74) is 6.63. The Labute approximate surface area is 135 Å². The van der Waals surface area contributed by atoms with Gasteiger partial charge in [0.2, 0.25) is 11.8 Å². The molecule has 1 aromatic carbocycles. The molecular weight excluding hydrogens is 298 g/mol. The Hall–Kier alpha value is -2.41. The van der Waals surface area contributed by atoms with Crippen molar-refractivity contribution < 1.29 is 19.5 Å². The van der Waals surface area contributed by atoms with Crippen LogP contribution in [0.4, 0.5) is 0 Å². The summed E-state index contributed by atoms with van der Waals surface area (Å²) in [5, 5.41) is 13.5. The van der Waals surface area contributed by atoms with Crippen LogP contribution in [-0.2, 0) is 20.8 Å². The van der Waals surface area contributed by atoms with E-state index in [1.807, 2.05) is 30.3 Å². The van der Waals surface area contributed by atoms with Crippen LogP contribution in [0.1, 0.15) is 19.4 Å². The molecule has 0 heterocycles. The van der Waals surface area contributed by atoms with Crippen molar-refractivity contribution in [2.75, 3.05) is 6.54 Å². The van der Waals surface area contributed by atoms with E-state index in [-0.39, 0.29) is 12.3 Å². The van der Waals surface area contributed by atoms with Crippen molar-refractivity contribution in [1.29, 1.82) is 0 Å². The molecule has 0 aliphatic carbocycles. The number of hydrogen-bond acceptors (Lipinski definition) is 4. The van der Waals surface area contributed by atoms with Crippen LogP contribution in [0.5, 0.6) is 0 Å². The molecule has 1 aromatic rings. The third-order valence-electron chi connectivity index (χ3n) is 3.35. The summed E-state index contributed by atoms with van der Waals surface area (Å²) in [4.78, 5) is 34.8. The quantitative estimate of drug-likeness (QED) is 0.532. The molecule has 0 aliphatic rings. The number of carboxylic acid groups (broad SMARTS) is 1. The molecule has 2 amide bonds. The molecule has 0 bridgehead atoms. The fourth-order valence-electron chi connectivity index (χ4n) is 1.92. The van der Waals surface area contributed by atoms with Crippen LogP contribution in [-0.4, -0.2) is 41.5 Å². The van der Waals surface area contributed by atoms with Crippen molar-refractivity contribution >= 4 is 17.8 Å². The second-order valence-electron chi connectivity index (χ2n) is 5.63. The Balaban J connectivity index is 2.81. The zero-order chi connectivity index (χ0) is 17.4. The average Bonchev–Trinajstić information content (AvgIpc) is 2.51. The highest BCUT2D eigenvalue weighted by Gasteiger charge is 2.25. The predicted octanol–water partition coefficient (Wildman–Crippen LogP) is -0.102. The number of aliphatic carboxylic acids is 1. The number of nitrogens with two attached hydrogens (primary N) is 1. The molecule has 7 nitrogen and oxygen atoms in total. The summed E-state index contributed by atoms with van der Waals surface area (Å²) in [7, 11) is 0. The summed E-state index contributed by atoms with van der Waals surface area (Å²) in [6.45, 7) is 3.11. The summed E-state index contributed by atoms with van der Waals surface area (Å²) >= 11 is 0. The minimum atomic E-state index is -1.15. The standard InChI is InChI=1S/C16H23N3O4/c1-10(2)14(17)16(23)19-12(15(22)18-9-13(20)21)8-11-6-4-3-5-7-11/h3-7,10,12,14H,8-9,17H2,1-2H3,(H,18,22)(H,19,23)(H,20,21)/t12-,14-/m0/s1. The number of nitrogens with one attached hydrogen (secondary N) is 2. The van der Waals surface area contributed by atoms with Crippen LogP contribution in [0.3, 0.4) is 0 Å². The molecule has 2 atom stereocenters. The first-order valence-corrected chi connectivity index (χ1v) is 7.40. The molecule has 0 radical (unpaired) electrons. The van der Waals surface area contributed by atoms with Crippen molar-refractivity contribution in [3.8, 4) is 0 Å². The van der Waals surface area contributed by atoms with Crippen LogP contribution >= 0.6 is 0 Å². The van der Waals surface area contributed by atoms with Gasteiger partial charge >= 0.3 is 5.97 Å². The molecule has 1 rings (SSSR count). The minimum absolute atomic E-state index is 0.0746. The van der Waals surface area contributed by atoms with Crippen LogP contribution in [0.2, 0.25) is 0 Å². The van der Waals surface area contributed by atoms with Gasteiger partial charge in [-0.3, -0.25) is 14.4 Å². The van der Waals surface area contributed by atoms with Gasteiger partial charge in [0.15, 0.2) is 0 Å². The van der Waals surface area contributed by atoms with Crippen molar-refractivity contribution in [3.05, 3.63) is 35.9 Å². The zero-order valence-electron chi connectivity index (χ0n) is 13.3. The number of carbonyl (C=O) groups excluding carboxylic acids is 2. The molecule has 23 heavy (non-hydrogen) atoms. The van der Waals surface area contributed by atoms with Gasteiger partial charge in [-0.05, 0) is 11.5 Å². The summed E-state index contributed by atoms with van der Waals surface area (Å²) in [6.07, 6.45) is 0.253. The van der Waals surface area contributed by atoms with Crippen molar-refractivity contribution in [3.63, 3.8) is 0 Å². The highest BCUT2D eigenvalue weighted by atomic mass is 16.4. The van der Waals surface area contributed by atoms with Crippen LogP contribution in [0.15, 0.2) is 30.3 Å². The number of carbonyl (C=O) groups is 3. The Bertz CT molecular complexity index is 546. The van der Waals surface area contributed by atoms with Crippen molar-refractivity contribution in [2.24, 2.45) is 11.7 Å². The van der Waals surface area contributed by atoms with Gasteiger partial charge in [-0.25, -0.2) is 0 Å². The maximum atomic E-state index is 12.2. The van der Waals surface area contributed by atoms with E-state index >= 15 is 0 Å². The van der Waals surface area contributed by atoms with Gasteiger partial charge in [-0.15, -0.1) is 0 Å². The van der Waals surface area contributed by atoms with Gasteiger partial charge in [-0.2, -0.15) is 0 Å². The van der Waals surface area contributed by atoms with E-state index in [1.54, 1.807) is 13.8 Å². The molecule has 0 unspecified atom stereocenters. The number of hydrogen-bond donors (Lipinski definition) is 4. The third-order valence-corrected chi connectivity index (χ3v) is 3.35. The lowest BCUT2D eigenvalue weighted by Gasteiger charge is -2.22. The molecule has 0 aliphatic heterocycles. The molecular formula is C16H23N3O4. The first-order chi connectivity index (χ1) is 10.8. The van der Waals surface area contributed by atoms with Crippen LogP contribution < -0.4 is 16.4 Å². The maximum Gasteiger partial charge on any atom is 0.322 e. The van der Waals surface area contributed by atoms with Gasteiger partial charge in [0.1, 0.15) is 12.6 Å². The van der Waals surface area contributed by atoms with E-state index in [4.69, 9.17) is 10.8 Å². The lowest BCUT2D eigenvalue weighted by atomic mass is 10.0. The van der Waals surface area contributed by atoms with E-state index in [2.05, 4.69) is 10.6 Å². The van der Waals surface area contributed by atoms with Gasteiger partial charge in [0.25, 0.3) is 0 Å². The highest BCUT2D eigenvalue weighted by Crippen LogP contribution is 2.05. The van der Waals surface area contributed by atoms with E-state index in [0.29, 0.717) is 0 Å². The average molecular weight is 321 g/mol. The topological polar surface area (TPSA) is 122 Å². The lowest BCUT2D eigenvalue weighted by molar-refractivity contribution is -0.138. The van der Waals surface area contributed by atoms with E-state index in [1.165, 1.54) is 0 Å². The molecule has 0 fully saturated rings. The second kappa shape index (κ2) is 8.89. The van der Waals surface area contributed by atoms with E-state index in [9.17, 15) is 14.4 Å². The minimum Gasteiger partial charge on any atom is -0.480 e. The summed E-state index contributed by atoms with van der Waals surface area (Å²) in [6, 6.07) is 7.52. The lowest BCUT2D eigenvalue weighted by Crippen LogP contribution is -2.54. The van der Waals surface area contributed by atoms with Gasteiger partial charge < -0.3 is 21.5 Å². The zero-order valence-corrected chi connectivity index (χ0v) is 13.3. The van der Waals surface area contributed by atoms with Crippen molar-refractivity contribution in [1.82, 2.24) is 10.6 Å². The summed E-state index contributed by atoms with van der Waals surface area (Å²) in [5.74, 6) is -2.22.